The van der Waals surface area contributed by atoms with Crippen molar-refractivity contribution in [2.75, 3.05) is 0 Å². The van der Waals surface area contributed by atoms with E-state index in [1.807, 2.05) is 0 Å². The summed E-state index contributed by atoms with van der Waals surface area (Å²) in [5, 5.41) is 9.70. The number of benzene rings is 2. The summed E-state index contributed by atoms with van der Waals surface area (Å²) in [7, 11) is 0. The minimum Gasteiger partial charge on any atom is -0.508 e. The second-order valence-corrected chi connectivity index (χ2v) is 4.56. The number of hydrogen-bond acceptors (Lipinski definition) is 4. The zero-order valence-electron chi connectivity index (χ0n) is 11.1. The summed E-state index contributed by atoms with van der Waals surface area (Å²) < 4.78 is 33.8. The van der Waals surface area contributed by atoms with Crippen molar-refractivity contribution < 1.29 is 23.0 Å². The third kappa shape index (κ3) is 2.63. The summed E-state index contributed by atoms with van der Waals surface area (Å²) >= 11 is 0. The number of hydrogen-bond donors (Lipinski definition) is 1. The highest BCUT2D eigenvalue weighted by atomic mass is 19.3. The Kier molecular flexibility index (Phi) is 3.50. The van der Waals surface area contributed by atoms with Crippen LogP contribution in [-0.2, 0) is 0 Å². The smallest absolute Gasteiger partial charge is 0.387 e. The minimum atomic E-state index is -2.90. The van der Waals surface area contributed by atoms with Crippen LogP contribution in [0.5, 0.6) is 11.5 Å². The molecule has 3 rings (SSSR count). The maximum atomic E-state index is 12.4. The van der Waals surface area contributed by atoms with Crippen LogP contribution in [0, 0.1) is 0 Å². The Labute approximate surface area is 123 Å². The topological polar surface area (TPSA) is 59.7 Å². The fraction of sp³-hybridized carbons (Fsp3) is 0.0625. The van der Waals surface area contributed by atoms with Gasteiger partial charge in [0.15, 0.2) is 5.43 Å². The van der Waals surface area contributed by atoms with Crippen LogP contribution < -0.4 is 10.2 Å². The number of aromatic hydroxyl groups is 1. The molecule has 4 nitrogen and oxygen atoms in total. The molecule has 22 heavy (non-hydrogen) atoms. The van der Waals surface area contributed by atoms with E-state index in [9.17, 15) is 18.7 Å². The number of rotatable bonds is 3. The van der Waals surface area contributed by atoms with Gasteiger partial charge in [0, 0.05) is 6.07 Å². The summed E-state index contributed by atoms with van der Waals surface area (Å²) in [6.07, 6.45) is 1.27. The lowest BCUT2D eigenvalue weighted by Gasteiger charge is -2.06. The van der Waals surface area contributed by atoms with E-state index in [0.717, 1.165) is 0 Å². The van der Waals surface area contributed by atoms with E-state index in [1.54, 1.807) is 0 Å². The van der Waals surface area contributed by atoms with Gasteiger partial charge in [-0.3, -0.25) is 4.79 Å². The molecule has 112 valence electrons. The van der Waals surface area contributed by atoms with Gasteiger partial charge in [0.1, 0.15) is 23.3 Å². The normalized spacial score (nSPS) is 11.0. The predicted molar refractivity (Wildman–Crippen MR) is 76.2 cm³/mol. The Hall–Kier alpha value is -2.89. The van der Waals surface area contributed by atoms with Crippen molar-refractivity contribution in [1.82, 2.24) is 0 Å². The molecule has 1 heterocycles. The molecule has 0 radical (unpaired) electrons. The molecule has 6 heteroatoms. The molecule has 0 aliphatic rings. The molecule has 3 aromatic rings. The van der Waals surface area contributed by atoms with Gasteiger partial charge in [-0.1, -0.05) is 12.1 Å². The fourth-order valence-corrected chi connectivity index (χ4v) is 2.13. The summed E-state index contributed by atoms with van der Waals surface area (Å²) in [5.41, 5.74) is 0.808. The van der Waals surface area contributed by atoms with Gasteiger partial charge in [0.25, 0.3) is 0 Å². The van der Waals surface area contributed by atoms with E-state index in [-0.39, 0.29) is 22.5 Å². The van der Waals surface area contributed by atoms with Crippen molar-refractivity contribution in [1.29, 1.82) is 0 Å². The molecule has 0 bridgehead atoms. The number of ether oxygens (including phenoxy) is 1. The summed E-state index contributed by atoms with van der Waals surface area (Å²) in [4.78, 5) is 12.4. The number of phenols is 1. The highest BCUT2D eigenvalue weighted by molar-refractivity contribution is 5.82. The minimum absolute atomic E-state index is 0.00287. The van der Waals surface area contributed by atoms with Crippen molar-refractivity contribution in [3.8, 4) is 22.6 Å². The Morgan fingerprint density at radius 1 is 1.09 bits per heavy atom. The van der Waals surface area contributed by atoms with Gasteiger partial charge in [0.2, 0.25) is 0 Å². The average molecular weight is 304 g/mol. The van der Waals surface area contributed by atoms with Crippen molar-refractivity contribution >= 4 is 11.0 Å². The van der Waals surface area contributed by atoms with Gasteiger partial charge in [-0.25, -0.2) is 0 Å². The van der Waals surface area contributed by atoms with Crippen LogP contribution in [-0.4, -0.2) is 11.7 Å². The van der Waals surface area contributed by atoms with Gasteiger partial charge in [-0.05, 0) is 29.8 Å². The van der Waals surface area contributed by atoms with Gasteiger partial charge in [-0.2, -0.15) is 8.78 Å². The molecule has 0 aliphatic heterocycles. The molecule has 0 saturated heterocycles. The summed E-state index contributed by atoms with van der Waals surface area (Å²) in [6, 6.07) is 9.90. The van der Waals surface area contributed by atoms with Crippen LogP contribution in [0.25, 0.3) is 22.1 Å². The van der Waals surface area contributed by atoms with Crippen molar-refractivity contribution in [2.24, 2.45) is 0 Å². The number of halogens is 2. The van der Waals surface area contributed by atoms with E-state index < -0.39 is 6.61 Å². The first-order chi connectivity index (χ1) is 10.5. The van der Waals surface area contributed by atoms with Crippen LogP contribution in [0.2, 0.25) is 0 Å². The lowest BCUT2D eigenvalue weighted by Crippen LogP contribution is -2.05. The van der Waals surface area contributed by atoms with Gasteiger partial charge in [0.05, 0.1) is 10.9 Å². The first-order valence-electron chi connectivity index (χ1n) is 6.34. The van der Waals surface area contributed by atoms with Crippen LogP contribution in [0.15, 0.2) is 57.9 Å². The molecular weight excluding hydrogens is 294 g/mol. The Balaban J connectivity index is 2.05. The second kappa shape index (κ2) is 5.48. The van der Waals surface area contributed by atoms with Crippen LogP contribution in [0.1, 0.15) is 0 Å². The third-order valence-electron chi connectivity index (χ3n) is 3.15. The van der Waals surface area contributed by atoms with E-state index in [2.05, 4.69) is 4.74 Å². The van der Waals surface area contributed by atoms with Gasteiger partial charge >= 0.3 is 6.61 Å². The van der Waals surface area contributed by atoms with E-state index in [0.29, 0.717) is 16.5 Å². The van der Waals surface area contributed by atoms with Gasteiger partial charge in [-0.15, -0.1) is 0 Å². The zero-order valence-corrected chi connectivity index (χ0v) is 11.1. The van der Waals surface area contributed by atoms with Crippen molar-refractivity contribution in [3.05, 3.63) is 59.0 Å². The maximum Gasteiger partial charge on any atom is 0.387 e. The highest BCUT2D eigenvalue weighted by Crippen LogP contribution is 2.24. The molecule has 0 saturated carbocycles. The Morgan fingerprint density at radius 2 is 1.82 bits per heavy atom. The van der Waals surface area contributed by atoms with Crippen molar-refractivity contribution in [3.63, 3.8) is 0 Å². The SMILES string of the molecule is O=c1c(-c2ccc(OC(F)F)cc2)coc2cc(O)ccc12. The molecule has 1 aromatic heterocycles. The molecule has 2 aromatic carbocycles. The Morgan fingerprint density at radius 3 is 2.50 bits per heavy atom. The number of fused-ring (bicyclic) bond motifs is 1. The number of alkyl halides is 2. The fourth-order valence-electron chi connectivity index (χ4n) is 2.13. The quantitative estimate of drug-likeness (QED) is 0.800. The standard InChI is InChI=1S/C16H10F2O4/c17-16(18)22-11-4-1-9(2-5-11)13-8-21-14-7-10(19)3-6-12(14)15(13)20/h1-8,16,19H. The second-order valence-electron chi connectivity index (χ2n) is 4.56. The lowest BCUT2D eigenvalue weighted by atomic mass is 10.1. The largest absolute Gasteiger partial charge is 0.508 e. The number of phenolic OH excluding ortho intramolecular Hbond substituents is 1. The highest BCUT2D eigenvalue weighted by Gasteiger charge is 2.10. The molecular formula is C16H10F2O4. The molecule has 1 N–H and O–H groups in total. The van der Waals surface area contributed by atoms with Crippen LogP contribution in [0.3, 0.4) is 0 Å². The maximum absolute atomic E-state index is 12.4. The third-order valence-corrected chi connectivity index (χ3v) is 3.15. The van der Waals surface area contributed by atoms with E-state index in [4.69, 9.17) is 4.42 Å². The van der Waals surface area contributed by atoms with Crippen molar-refractivity contribution in [2.45, 2.75) is 6.61 Å². The summed E-state index contributed by atoms with van der Waals surface area (Å²) in [6.45, 7) is -2.90. The molecule has 0 atom stereocenters. The van der Waals surface area contributed by atoms with E-state index in [1.165, 1.54) is 48.7 Å². The van der Waals surface area contributed by atoms with Crippen LogP contribution in [0.4, 0.5) is 8.78 Å². The van der Waals surface area contributed by atoms with E-state index >= 15 is 0 Å². The summed E-state index contributed by atoms with van der Waals surface area (Å²) in [5.74, 6) is 0.00532. The Bertz CT molecular complexity index is 869. The van der Waals surface area contributed by atoms with Gasteiger partial charge < -0.3 is 14.3 Å². The first kappa shape index (κ1) is 14.1. The first-order valence-corrected chi connectivity index (χ1v) is 6.34. The average Bonchev–Trinajstić information content (AvgIpc) is 2.48. The monoisotopic (exact) mass is 304 g/mol. The molecule has 0 aliphatic carbocycles. The molecule has 0 fully saturated rings. The molecule has 0 unspecified atom stereocenters. The predicted octanol–water partition coefficient (Wildman–Crippen LogP) is 3.77. The van der Waals surface area contributed by atoms with Crippen LogP contribution >= 0.6 is 0 Å². The molecule has 0 amide bonds. The lowest BCUT2D eigenvalue weighted by molar-refractivity contribution is -0.0498. The zero-order chi connectivity index (χ0) is 15.7. The molecule has 0 spiro atoms.